The fourth-order valence-corrected chi connectivity index (χ4v) is 2.94. The summed E-state index contributed by atoms with van der Waals surface area (Å²) in [5, 5.41) is 2.98. The summed E-state index contributed by atoms with van der Waals surface area (Å²) in [6.07, 6.45) is 1.76. The summed E-state index contributed by atoms with van der Waals surface area (Å²) in [5.41, 5.74) is 3.11. The normalized spacial score (nSPS) is 23.1. The van der Waals surface area contributed by atoms with Crippen LogP contribution in [0.2, 0.25) is 0 Å². The van der Waals surface area contributed by atoms with Crippen molar-refractivity contribution in [1.29, 1.82) is 0 Å². The Morgan fingerprint density at radius 1 is 1.25 bits per heavy atom. The lowest BCUT2D eigenvalue weighted by atomic mass is 10.1. The average molecular weight is 312 g/mol. The van der Waals surface area contributed by atoms with Crippen molar-refractivity contribution in [3.63, 3.8) is 0 Å². The highest BCUT2D eigenvalue weighted by atomic mass is 35.5. The zero-order chi connectivity index (χ0) is 15.1. The number of allylic oxidation sites excluding steroid dienone is 1. The molecule has 0 spiro atoms. The minimum absolute atomic E-state index is 0.0223. The Labute approximate surface area is 130 Å². The zero-order valence-electron chi connectivity index (χ0n) is 12.1. The summed E-state index contributed by atoms with van der Waals surface area (Å²) in [7, 11) is 0. The Morgan fingerprint density at radius 3 is 2.45 bits per heavy atom. The van der Waals surface area contributed by atoms with E-state index in [2.05, 4.69) is 19.2 Å². The largest absolute Gasteiger partial charge is 0.326 e. The molecule has 1 amide bonds. The molecule has 0 radical (unpaired) electrons. The number of benzene rings is 1. The SMILES string of the molecule is Cc1ccc(NC(=O)[C@H]2[C@@H](C=C(Cl)Cl)C2(C)C)cc1C. The van der Waals surface area contributed by atoms with Gasteiger partial charge in [-0.2, -0.15) is 0 Å². The van der Waals surface area contributed by atoms with Crippen LogP contribution >= 0.6 is 23.2 Å². The zero-order valence-corrected chi connectivity index (χ0v) is 13.6. The van der Waals surface area contributed by atoms with Gasteiger partial charge in [0.25, 0.3) is 0 Å². The number of anilines is 1. The lowest BCUT2D eigenvalue weighted by molar-refractivity contribution is -0.118. The first-order chi connectivity index (χ1) is 9.23. The van der Waals surface area contributed by atoms with E-state index in [0.717, 1.165) is 11.3 Å². The van der Waals surface area contributed by atoms with Gasteiger partial charge in [-0.1, -0.05) is 43.1 Å². The quantitative estimate of drug-likeness (QED) is 0.850. The Bertz CT molecular complexity index is 574. The summed E-state index contributed by atoms with van der Waals surface area (Å²) in [6, 6.07) is 5.92. The van der Waals surface area contributed by atoms with Crippen LogP contribution in [0.1, 0.15) is 25.0 Å². The van der Waals surface area contributed by atoms with Crippen molar-refractivity contribution in [2.75, 3.05) is 5.32 Å². The molecule has 0 saturated heterocycles. The van der Waals surface area contributed by atoms with Crippen molar-refractivity contribution < 1.29 is 4.79 Å². The molecule has 1 aromatic rings. The molecule has 1 N–H and O–H groups in total. The van der Waals surface area contributed by atoms with Crippen molar-refractivity contribution in [2.24, 2.45) is 17.3 Å². The summed E-state index contributed by atoms with van der Waals surface area (Å²) >= 11 is 11.4. The molecule has 0 aromatic heterocycles. The molecule has 1 aliphatic rings. The van der Waals surface area contributed by atoms with Crippen LogP contribution in [-0.4, -0.2) is 5.91 Å². The van der Waals surface area contributed by atoms with E-state index >= 15 is 0 Å². The number of nitrogens with one attached hydrogen (secondary N) is 1. The van der Waals surface area contributed by atoms with E-state index in [-0.39, 0.29) is 27.6 Å². The number of carbonyl (C=O) groups excluding carboxylic acids is 1. The molecule has 2 atom stereocenters. The highest BCUT2D eigenvalue weighted by Crippen LogP contribution is 2.60. The third-order valence-electron chi connectivity index (χ3n) is 4.27. The number of hydrogen-bond donors (Lipinski definition) is 1. The molecule has 2 rings (SSSR count). The number of aryl methyl sites for hydroxylation is 2. The third kappa shape index (κ3) is 3.02. The van der Waals surface area contributed by atoms with Crippen LogP contribution in [0.25, 0.3) is 0 Å². The first-order valence-electron chi connectivity index (χ1n) is 6.64. The molecule has 0 heterocycles. The fraction of sp³-hybridized carbons (Fsp3) is 0.438. The van der Waals surface area contributed by atoms with Crippen LogP contribution in [-0.2, 0) is 4.79 Å². The van der Waals surface area contributed by atoms with Gasteiger partial charge in [-0.05, 0) is 54.5 Å². The molecule has 4 heteroatoms. The lowest BCUT2D eigenvalue weighted by Crippen LogP contribution is -2.17. The Balaban J connectivity index is 2.10. The Kier molecular flexibility index (Phi) is 4.17. The molecule has 1 saturated carbocycles. The van der Waals surface area contributed by atoms with Crippen molar-refractivity contribution in [3.05, 3.63) is 39.9 Å². The summed E-state index contributed by atoms with van der Waals surface area (Å²) in [6.45, 7) is 8.18. The minimum atomic E-state index is -0.0984. The molecule has 0 bridgehead atoms. The second-order valence-corrected chi connectivity index (χ2v) is 7.08. The lowest BCUT2D eigenvalue weighted by Gasteiger charge is -2.08. The smallest absolute Gasteiger partial charge is 0.228 e. The first kappa shape index (κ1) is 15.4. The summed E-state index contributed by atoms with van der Waals surface area (Å²) in [4.78, 5) is 12.4. The van der Waals surface area contributed by atoms with E-state index in [1.807, 2.05) is 32.0 Å². The molecule has 1 aromatic carbocycles. The van der Waals surface area contributed by atoms with Gasteiger partial charge in [-0.15, -0.1) is 0 Å². The molecule has 1 aliphatic carbocycles. The van der Waals surface area contributed by atoms with Crippen LogP contribution in [0.3, 0.4) is 0 Å². The number of rotatable bonds is 3. The van der Waals surface area contributed by atoms with E-state index in [9.17, 15) is 4.79 Å². The molecule has 1 fully saturated rings. The number of hydrogen-bond acceptors (Lipinski definition) is 1. The van der Waals surface area contributed by atoms with E-state index in [0.29, 0.717) is 0 Å². The second kappa shape index (κ2) is 5.42. The topological polar surface area (TPSA) is 29.1 Å². The molecule has 2 nitrogen and oxygen atoms in total. The molecule has 20 heavy (non-hydrogen) atoms. The molecular formula is C16H19Cl2NO. The van der Waals surface area contributed by atoms with Gasteiger partial charge in [-0.25, -0.2) is 0 Å². The molecule has 0 unspecified atom stereocenters. The summed E-state index contributed by atoms with van der Waals surface area (Å²) in [5.74, 6) is 0.0322. The highest BCUT2D eigenvalue weighted by Gasteiger charge is 2.60. The fourth-order valence-electron chi connectivity index (χ4n) is 2.66. The predicted octanol–water partition coefficient (Wildman–Crippen LogP) is 4.83. The van der Waals surface area contributed by atoms with Gasteiger partial charge < -0.3 is 5.32 Å². The monoisotopic (exact) mass is 311 g/mol. The maximum absolute atomic E-state index is 12.4. The first-order valence-corrected chi connectivity index (χ1v) is 7.40. The Hall–Kier alpha value is -0.990. The standard InChI is InChI=1S/C16H19Cl2NO/c1-9-5-6-11(7-10(9)2)19-15(20)14-12(8-13(17)18)16(14,3)4/h5-8,12,14H,1-4H3,(H,19,20)/t12-,14-/m1/s1. The predicted molar refractivity (Wildman–Crippen MR) is 85.1 cm³/mol. The van der Waals surface area contributed by atoms with Crippen molar-refractivity contribution in [1.82, 2.24) is 0 Å². The Morgan fingerprint density at radius 2 is 1.90 bits per heavy atom. The van der Waals surface area contributed by atoms with E-state index in [4.69, 9.17) is 23.2 Å². The molecule has 108 valence electrons. The second-order valence-electron chi connectivity index (χ2n) is 6.07. The van der Waals surface area contributed by atoms with Gasteiger partial charge in [-0.3, -0.25) is 4.79 Å². The van der Waals surface area contributed by atoms with Gasteiger partial charge in [0.05, 0.1) is 5.92 Å². The van der Waals surface area contributed by atoms with Gasteiger partial charge in [0.1, 0.15) is 4.49 Å². The average Bonchev–Trinajstić information content (AvgIpc) is 2.84. The van der Waals surface area contributed by atoms with Crippen LogP contribution in [0.5, 0.6) is 0 Å². The van der Waals surface area contributed by atoms with E-state index in [1.54, 1.807) is 6.08 Å². The van der Waals surface area contributed by atoms with E-state index in [1.165, 1.54) is 5.56 Å². The van der Waals surface area contributed by atoms with Gasteiger partial charge in [0.15, 0.2) is 0 Å². The summed E-state index contributed by atoms with van der Waals surface area (Å²) < 4.78 is 0.226. The molecule has 0 aliphatic heterocycles. The minimum Gasteiger partial charge on any atom is -0.326 e. The van der Waals surface area contributed by atoms with Crippen molar-refractivity contribution >= 4 is 34.8 Å². The number of halogens is 2. The van der Waals surface area contributed by atoms with Crippen LogP contribution in [0.4, 0.5) is 5.69 Å². The van der Waals surface area contributed by atoms with E-state index < -0.39 is 0 Å². The van der Waals surface area contributed by atoms with Crippen molar-refractivity contribution in [2.45, 2.75) is 27.7 Å². The van der Waals surface area contributed by atoms with Gasteiger partial charge in [0.2, 0.25) is 5.91 Å². The molecular weight excluding hydrogens is 293 g/mol. The maximum Gasteiger partial charge on any atom is 0.228 e. The van der Waals surface area contributed by atoms with Crippen LogP contribution < -0.4 is 5.32 Å². The van der Waals surface area contributed by atoms with Gasteiger partial charge >= 0.3 is 0 Å². The number of amides is 1. The highest BCUT2D eigenvalue weighted by molar-refractivity contribution is 6.55. The van der Waals surface area contributed by atoms with Crippen LogP contribution in [0, 0.1) is 31.1 Å². The maximum atomic E-state index is 12.4. The van der Waals surface area contributed by atoms with Crippen molar-refractivity contribution in [3.8, 4) is 0 Å². The van der Waals surface area contributed by atoms with Gasteiger partial charge in [0, 0.05) is 5.69 Å². The third-order valence-corrected chi connectivity index (χ3v) is 4.53. The number of carbonyl (C=O) groups is 1. The van der Waals surface area contributed by atoms with Crippen LogP contribution in [0.15, 0.2) is 28.8 Å².